The zero-order chi connectivity index (χ0) is 11.3. The molecule has 0 fully saturated rings. The first kappa shape index (κ1) is 11.8. The van der Waals surface area contributed by atoms with E-state index >= 15 is 0 Å². The second kappa shape index (κ2) is 5.03. The highest BCUT2D eigenvalue weighted by Gasteiger charge is 2.19. The SMILES string of the molecule is COC(O[Si](C)(C)C)=C1C=CC=CC=C1. The van der Waals surface area contributed by atoms with Gasteiger partial charge in [0.1, 0.15) is 0 Å². The maximum atomic E-state index is 5.85. The normalized spacial score (nSPS) is 15.1. The minimum atomic E-state index is -1.61. The summed E-state index contributed by atoms with van der Waals surface area (Å²) in [7, 11) is 0.0286. The molecule has 1 aliphatic rings. The Labute approximate surface area is 92.7 Å². The molecule has 15 heavy (non-hydrogen) atoms. The van der Waals surface area contributed by atoms with Crippen molar-refractivity contribution in [1.29, 1.82) is 0 Å². The molecule has 0 atom stereocenters. The zero-order valence-corrected chi connectivity index (χ0v) is 10.8. The van der Waals surface area contributed by atoms with Crippen molar-refractivity contribution in [1.82, 2.24) is 0 Å². The molecule has 1 rings (SSSR count). The number of ether oxygens (including phenoxy) is 1. The van der Waals surface area contributed by atoms with Crippen LogP contribution in [0.5, 0.6) is 0 Å². The Morgan fingerprint density at radius 3 is 1.93 bits per heavy atom. The topological polar surface area (TPSA) is 18.5 Å². The molecular weight excluding hydrogens is 204 g/mol. The van der Waals surface area contributed by atoms with E-state index in [1.54, 1.807) is 7.11 Å². The fourth-order valence-corrected chi connectivity index (χ4v) is 1.89. The van der Waals surface area contributed by atoms with Crippen molar-refractivity contribution in [3.63, 3.8) is 0 Å². The number of hydrogen-bond donors (Lipinski definition) is 0. The maximum Gasteiger partial charge on any atom is 0.272 e. The van der Waals surface area contributed by atoms with Crippen molar-refractivity contribution in [3.05, 3.63) is 48.0 Å². The predicted octanol–water partition coefficient (Wildman–Crippen LogP) is 3.38. The summed E-state index contributed by atoms with van der Waals surface area (Å²) in [6, 6.07) is 0. The molecule has 0 unspecified atom stereocenters. The second-order valence-electron chi connectivity index (χ2n) is 4.26. The predicted molar refractivity (Wildman–Crippen MR) is 65.9 cm³/mol. The quantitative estimate of drug-likeness (QED) is 0.538. The molecule has 1 aliphatic carbocycles. The van der Waals surface area contributed by atoms with E-state index in [1.165, 1.54) is 0 Å². The summed E-state index contributed by atoms with van der Waals surface area (Å²) in [4.78, 5) is 0. The van der Waals surface area contributed by atoms with Crippen molar-refractivity contribution >= 4 is 8.32 Å². The van der Waals surface area contributed by atoms with Gasteiger partial charge in [0.05, 0.1) is 12.7 Å². The molecule has 0 saturated carbocycles. The fourth-order valence-electron chi connectivity index (χ4n) is 1.13. The smallest absolute Gasteiger partial charge is 0.272 e. The molecule has 2 nitrogen and oxygen atoms in total. The third-order valence-corrected chi connectivity index (χ3v) is 2.50. The molecule has 0 spiro atoms. The highest BCUT2D eigenvalue weighted by Crippen LogP contribution is 2.17. The van der Waals surface area contributed by atoms with Crippen molar-refractivity contribution in [3.8, 4) is 0 Å². The summed E-state index contributed by atoms with van der Waals surface area (Å²) in [6.45, 7) is 6.40. The van der Waals surface area contributed by atoms with E-state index in [1.807, 2.05) is 36.5 Å². The average molecular weight is 222 g/mol. The van der Waals surface area contributed by atoms with Crippen LogP contribution < -0.4 is 0 Å². The molecule has 0 bridgehead atoms. The van der Waals surface area contributed by atoms with Crippen LogP contribution in [0.3, 0.4) is 0 Å². The number of hydrogen-bond acceptors (Lipinski definition) is 2. The number of methoxy groups -OCH3 is 1. The molecule has 0 amide bonds. The molecule has 0 aromatic carbocycles. The standard InChI is InChI=1S/C12H18O2Si/c1-13-12(14-15(2,3)4)11-9-7-5-6-8-10-11/h5-10H,1-4H3. The van der Waals surface area contributed by atoms with Gasteiger partial charge in [-0.05, 0) is 31.8 Å². The Morgan fingerprint density at radius 2 is 1.53 bits per heavy atom. The third-order valence-electron chi connectivity index (χ3n) is 1.70. The molecular formula is C12H18O2Si. The van der Waals surface area contributed by atoms with Crippen LogP contribution in [0.1, 0.15) is 0 Å². The molecule has 0 saturated heterocycles. The molecule has 3 heteroatoms. The third kappa shape index (κ3) is 4.21. The van der Waals surface area contributed by atoms with Crippen molar-refractivity contribution in [2.45, 2.75) is 19.6 Å². The Kier molecular flexibility index (Phi) is 3.97. The summed E-state index contributed by atoms with van der Waals surface area (Å²) in [5, 5.41) is 0. The molecule has 0 N–H and O–H groups in total. The lowest BCUT2D eigenvalue weighted by Crippen LogP contribution is -2.25. The summed E-state index contributed by atoms with van der Waals surface area (Å²) in [5.74, 6) is 0.616. The van der Waals surface area contributed by atoms with E-state index in [0.717, 1.165) is 5.57 Å². The first-order valence-corrected chi connectivity index (χ1v) is 8.42. The van der Waals surface area contributed by atoms with Crippen molar-refractivity contribution in [2.24, 2.45) is 0 Å². The van der Waals surface area contributed by atoms with Crippen molar-refractivity contribution < 1.29 is 9.16 Å². The van der Waals surface area contributed by atoms with E-state index < -0.39 is 8.32 Å². The molecule has 0 radical (unpaired) electrons. The first-order valence-electron chi connectivity index (χ1n) is 5.01. The van der Waals surface area contributed by atoms with Gasteiger partial charge >= 0.3 is 0 Å². The summed E-state index contributed by atoms with van der Waals surface area (Å²) < 4.78 is 11.1. The van der Waals surface area contributed by atoms with Gasteiger partial charge in [0.2, 0.25) is 8.32 Å². The zero-order valence-electron chi connectivity index (χ0n) is 9.78. The van der Waals surface area contributed by atoms with Gasteiger partial charge in [-0.15, -0.1) is 0 Å². The lowest BCUT2D eigenvalue weighted by atomic mass is 10.2. The summed E-state index contributed by atoms with van der Waals surface area (Å²) in [5.41, 5.74) is 0.977. The Bertz CT molecular complexity index is 312. The van der Waals surface area contributed by atoms with Crippen LogP contribution in [0.15, 0.2) is 48.0 Å². The van der Waals surface area contributed by atoms with Crippen LogP contribution >= 0.6 is 0 Å². The lowest BCUT2D eigenvalue weighted by molar-refractivity contribution is 0.144. The van der Waals surface area contributed by atoms with Gasteiger partial charge in [-0.3, -0.25) is 0 Å². The van der Waals surface area contributed by atoms with Gasteiger partial charge in [0.15, 0.2) is 0 Å². The van der Waals surface area contributed by atoms with Crippen LogP contribution in [0, 0.1) is 0 Å². The highest BCUT2D eigenvalue weighted by atomic mass is 28.4. The van der Waals surface area contributed by atoms with E-state index in [0.29, 0.717) is 5.95 Å². The highest BCUT2D eigenvalue weighted by molar-refractivity contribution is 6.70. The van der Waals surface area contributed by atoms with Crippen LogP contribution in [0.4, 0.5) is 0 Å². The number of rotatable bonds is 3. The van der Waals surface area contributed by atoms with E-state index in [4.69, 9.17) is 9.16 Å². The Morgan fingerprint density at radius 1 is 1.00 bits per heavy atom. The van der Waals surface area contributed by atoms with Crippen molar-refractivity contribution in [2.75, 3.05) is 7.11 Å². The van der Waals surface area contributed by atoms with E-state index in [-0.39, 0.29) is 0 Å². The maximum absolute atomic E-state index is 5.85. The van der Waals surface area contributed by atoms with Gasteiger partial charge in [0.25, 0.3) is 5.95 Å². The molecule has 0 aromatic rings. The van der Waals surface area contributed by atoms with Crippen LogP contribution in [0.25, 0.3) is 0 Å². The van der Waals surface area contributed by atoms with Gasteiger partial charge in [-0.1, -0.05) is 24.3 Å². The molecule has 82 valence electrons. The van der Waals surface area contributed by atoms with Crippen LogP contribution in [-0.4, -0.2) is 15.4 Å². The van der Waals surface area contributed by atoms with Gasteiger partial charge in [0, 0.05) is 0 Å². The molecule has 0 aliphatic heterocycles. The van der Waals surface area contributed by atoms with Crippen LogP contribution in [0.2, 0.25) is 19.6 Å². The molecule has 0 aromatic heterocycles. The van der Waals surface area contributed by atoms with E-state index in [2.05, 4.69) is 19.6 Å². The summed E-state index contributed by atoms with van der Waals surface area (Å²) in [6.07, 6.45) is 11.9. The monoisotopic (exact) mass is 222 g/mol. The molecule has 0 heterocycles. The first-order chi connectivity index (χ1) is 7.03. The summed E-state index contributed by atoms with van der Waals surface area (Å²) >= 11 is 0. The van der Waals surface area contributed by atoms with Gasteiger partial charge < -0.3 is 9.16 Å². The number of allylic oxidation sites excluding steroid dienone is 7. The van der Waals surface area contributed by atoms with E-state index in [9.17, 15) is 0 Å². The fraction of sp³-hybridized carbons (Fsp3) is 0.333. The minimum Gasteiger partial charge on any atom is -0.519 e. The second-order valence-corrected chi connectivity index (χ2v) is 8.69. The van der Waals surface area contributed by atoms with Gasteiger partial charge in [-0.2, -0.15) is 0 Å². The Balaban J connectivity index is 2.93. The van der Waals surface area contributed by atoms with Crippen LogP contribution in [-0.2, 0) is 9.16 Å². The average Bonchev–Trinajstić information content (AvgIpc) is 2.40. The minimum absolute atomic E-state index is 0.616. The lowest BCUT2D eigenvalue weighted by Gasteiger charge is -2.21. The Hall–Kier alpha value is -1.22. The largest absolute Gasteiger partial charge is 0.519 e. The van der Waals surface area contributed by atoms with Gasteiger partial charge in [-0.25, -0.2) is 0 Å².